The zero-order valence-corrected chi connectivity index (χ0v) is 25.3. The maximum absolute atomic E-state index is 15.0. The molecular weight excluding hydrogens is 547 g/mol. The Hall–Kier alpha value is -3.02. The number of rotatable bonds is 7. The molecule has 0 radical (unpaired) electrons. The molecule has 2 heterocycles. The SMILES string of the molecule is COC(=O)c1ccc(CN(C(=O)N2CCS(=O)(=O)CC2)c2ccc(CN3CCN(CC(C)(C)C)CC3)cc2)c(F)c1. The van der Waals surface area contributed by atoms with Crippen molar-refractivity contribution in [2.75, 3.05) is 69.3 Å². The highest BCUT2D eigenvalue weighted by Crippen LogP contribution is 2.24. The van der Waals surface area contributed by atoms with Crippen LogP contribution in [0.1, 0.15) is 42.3 Å². The van der Waals surface area contributed by atoms with E-state index in [-0.39, 0.29) is 53.7 Å². The van der Waals surface area contributed by atoms with E-state index in [0.717, 1.165) is 50.9 Å². The summed E-state index contributed by atoms with van der Waals surface area (Å²) in [5, 5.41) is 0. The fraction of sp³-hybridized carbons (Fsp3) is 0.533. The van der Waals surface area contributed by atoms with Gasteiger partial charge in [0.25, 0.3) is 0 Å². The van der Waals surface area contributed by atoms with Gasteiger partial charge in [0.15, 0.2) is 9.84 Å². The first-order valence-electron chi connectivity index (χ1n) is 14.0. The lowest BCUT2D eigenvalue weighted by Crippen LogP contribution is -2.49. The van der Waals surface area contributed by atoms with Gasteiger partial charge in [-0.3, -0.25) is 9.80 Å². The van der Waals surface area contributed by atoms with Gasteiger partial charge >= 0.3 is 12.0 Å². The Kier molecular flexibility index (Phi) is 9.71. The van der Waals surface area contributed by atoms with E-state index >= 15 is 4.39 Å². The number of esters is 1. The van der Waals surface area contributed by atoms with Crippen LogP contribution in [-0.4, -0.2) is 99.5 Å². The standard InChI is InChI=1S/C30H41FN4O5S/c1-30(2,3)22-33-13-11-32(12-14-33)20-23-5-9-26(10-6-23)35(29(37)34-15-17-41(38,39)18-16-34)21-25-8-7-24(19-27(25)31)28(36)40-4/h5-10,19H,11-18,20-22H2,1-4H3. The molecule has 0 spiro atoms. The first kappa shape index (κ1) is 30.9. The average Bonchev–Trinajstić information content (AvgIpc) is 2.92. The predicted octanol–water partition coefficient (Wildman–Crippen LogP) is 3.63. The van der Waals surface area contributed by atoms with Crippen molar-refractivity contribution >= 4 is 27.5 Å². The smallest absolute Gasteiger partial charge is 0.337 e. The molecule has 0 unspecified atom stereocenters. The van der Waals surface area contributed by atoms with Gasteiger partial charge in [-0.25, -0.2) is 22.4 Å². The molecule has 41 heavy (non-hydrogen) atoms. The summed E-state index contributed by atoms with van der Waals surface area (Å²) < 4.78 is 43.6. The van der Waals surface area contributed by atoms with Gasteiger partial charge in [-0.05, 0) is 35.2 Å². The quantitative estimate of drug-likeness (QED) is 0.457. The summed E-state index contributed by atoms with van der Waals surface area (Å²) in [5.41, 5.74) is 2.28. The molecule has 4 rings (SSSR count). The number of nitrogens with zero attached hydrogens (tertiary/aromatic N) is 4. The van der Waals surface area contributed by atoms with Crippen LogP contribution in [0.5, 0.6) is 0 Å². The molecule has 2 aromatic carbocycles. The van der Waals surface area contributed by atoms with Gasteiger partial charge < -0.3 is 14.5 Å². The molecule has 2 aliphatic heterocycles. The topological polar surface area (TPSA) is 90.5 Å². The molecule has 0 saturated carbocycles. The van der Waals surface area contributed by atoms with Crippen molar-refractivity contribution in [3.05, 3.63) is 65.0 Å². The van der Waals surface area contributed by atoms with E-state index in [0.29, 0.717) is 5.69 Å². The van der Waals surface area contributed by atoms with E-state index in [9.17, 15) is 18.0 Å². The van der Waals surface area contributed by atoms with Gasteiger partial charge in [-0.15, -0.1) is 0 Å². The zero-order chi connectivity index (χ0) is 29.8. The maximum atomic E-state index is 15.0. The minimum atomic E-state index is -3.18. The van der Waals surface area contributed by atoms with Crippen LogP contribution in [0, 0.1) is 11.2 Å². The fourth-order valence-electron chi connectivity index (χ4n) is 5.25. The number of sulfone groups is 1. The number of carbonyl (C=O) groups is 2. The van der Waals surface area contributed by atoms with Crippen molar-refractivity contribution in [2.24, 2.45) is 5.41 Å². The highest BCUT2D eigenvalue weighted by molar-refractivity contribution is 7.91. The maximum Gasteiger partial charge on any atom is 0.337 e. The molecule has 11 heteroatoms. The molecule has 9 nitrogen and oxygen atoms in total. The third kappa shape index (κ3) is 8.50. The fourth-order valence-corrected chi connectivity index (χ4v) is 6.45. The highest BCUT2D eigenvalue weighted by atomic mass is 32.2. The summed E-state index contributed by atoms with van der Waals surface area (Å²) in [7, 11) is -1.95. The molecule has 0 atom stereocenters. The molecular formula is C30H41FN4O5S. The predicted molar refractivity (Wildman–Crippen MR) is 157 cm³/mol. The molecule has 224 valence electrons. The lowest BCUT2D eigenvalue weighted by molar-refractivity contribution is 0.0600. The number of halogens is 1. The second kappa shape index (κ2) is 12.9. The van der Waals surface area contributed by atoms with Gasteiger partial charge in [-0.2, -0.15) is 0 Å². The number of ether oxygens (including phenoxy) is 1. The molecule has 2 saturated heterocycles. The van der Waals surface area contributed by atoms with Crippen molar-refractivity contribution in [3.63, 3.8) is 0 Å². The first-order valence-corrected chi connectivity index (χ1v) is 15.8. The molecule has 2 aliphatic rings. The minimum Gasteiger partial charge on any atom is -0.465 e. The Morgan fingerprint density at radius 1 is 0.927 bits per heavy atom. The number of carbonyl (C=O) groups excluding carboxylic acids is 2. The van der Waals surface area contributed by atoms with Crippen LogP contribution in [0.2, 0.25) is 0 Å². The monoisotopic (exact) mass is 588 g/mol. The van der Waals surface area contributed by atoms with Crippen molar-refractivity contribution in [1.82, 2.24) is 14.7 Å². The van der Waals surface area contributed by atoms with Crippen LogP contribution in [0.4, 0.5) is 14.9 Å². The molecule has 2 amide bonds. The van der Waals surface area contributed by atoms with Crippen LogP contribution in [-0.2, 0) is 27.7 Å². The van der Waals surface area contributed by atoms with E-state index in [1.807, 2.05) is 24.3 Å². The summed E-state index contributed by atoms with van der Waals surface area (Å²) >= 11 is 0. The molecule has 2 fully saturated rings. The third-order valence-electron chi connectivity index (χ3n) is 7.47. The van der Waals surface area contributed by atoms with Crippen LogP contribution in [0.25, 0.3) is 0 Å². The second-order valence-electron chi connectivity index (χ2n) is 12.1. The summed E-state index contributed by atoms with van der Waals surface area (Å²) in [5.74, 6) is -1.48. The van der Waals surface area contributed by atoms with E-state index in [1.54, 1.807) is 0 Å². The van der Waals surface area contributed by atoms with Crippen LogP contribution >= 0.6 is 0 Å². The number of methoxy groups -OCH3 is 1. The van der Waals surface area contributed by atoms with E-state index < -0.39 is 21.6 Å². The van der Waals surface area contributed by atoms with Crippen molar-refractivity contribution < 1.29 is 27.1 Å². The number of urea groups is 1. The van der Waals surface area contributed by atoms with Crippen molar-refractivity contribution in [2.45, 2.75) is 33.9 Å². The van der Waals surface area contributed by atoms with Crippen LogP contribution < -0.4 is 4.90 Å². The van der Waals surface area contributed by atoms with Gasteiger partial charge in [-0.1, -0.05) is 39.0 Å². The summed E-state index contributed by atoms with van der Waals surface area (Å²) in [6, 6.07) is 11.3. The lowest BCUT2D eigenvalue weighted by atomic mass is 9.96. The van der Waals surface area contributed by atoms with Gasteiger partial charge in [0.05, 0.1) is 30.7 Å². The minimum absolute atomic E-state index is 0.0789. The molecule has 2 aromatic rings. The molecule has 0 bridgehead atoms. The number of amides is 2. The number of benzene rings is 2. The first-order chi connectivity index (χ1) is 19.3. The largest absolute Gasteiger partial charge is 0.465 e. The Morgan fingerprint density at radius 3 is 2.10 bits per heavy atom. The van der Waals surface area contributed by atoms with Gasteiger partial charge in [0, 0.05) is 63.6 Å². The van der Waals surface area contributed by atoms with Crippen LogP contribution in [0.3, 0.4) is 0 Å². The normalized spacial score (nSPS) is 18.2. The second-order valence-corrected chi connectivity index (χ2v) is 14.4. The summed E-state index contributed by atoms with van der Waals surface area (Å²) in [6.07, 6.45) is 0. The van der Waals surface area contributed by atoms with Gasteiger partial charge in [0.2, 0.25) is 0 Å². The van der Waals surface area contributed by atoms with Gasteiger partial charge in [0.1, 0.15) is 5.82 Å². The van der Waals surface area contributed by atoms with Crippen LogP contribution in [0.15, 0.2) is 42.5 Å². The Bertz CT molecular complexity index is 1320. The number of hydrogen-bond donors (Lipinski definition) is 0. The molecule has 0 aliphatic carbocycles. The van der Waals surface area contributed by atoms with E-state index in [2.05, 4.69) is 35.3 Å². The number of anilines is 1. The number of hydrogen-bond acceptors (Lipinski definition) is 7. The summed E-state index contributed by atoms with van der Waals surface area (Å²) in [6.45, 7) is 12.8. The third-order valence-corrected chi connectivity index (χ3v) is 9.07. The Morgan fingerprint density at radius 2 is 1.54 bits per heavy atom. The summed E-state index contributed by atoms with van der Waals surface area (Å²) in [4.78, 5) is 33.3. The molecule has 0 N–H and O–H groups in total. The number of piperazine rings is 1. The van der Waals surface area contributed by atoms with E-state index in [1.165, 1.54) is 29.0 Å². The molecule has 0 aromatic heterocycles. The average molecular weight is 589 g/mol. The van der Waals surface area contributed by atoms with E-state index in [4.69, 9.17) is 0 Å². The van der Waals surface area contributed by atoms with Crippen molar-refractivity contribution in [3.8, 4) is 0 Å². The lowest BCUT2D eigenvalue weighted by Gasteiger charge is -2.38. The Labute approximate surface area is 242 Å². The Balaban J connectivity index is 1.49. The zero-order valence-electron chi connectivity index (χ0n) is 24.4. The highest BCUT2D eigenvalue weighted by Gasteiger charge is 2.30. The van der Waals surface area contributed by atoms with Crippen molar-refractivity contribution in [1.29, 1.82) is 0 Å².